The van der Waals surface area contributed by atoms with Crippen LogP contribution in [0.4, 0.5) is 4.79 Å². The van der Waals surface area contributed by atoms with E-state index in [9.17, 15) is 4.79 Å². The molecule has 0 unspecified atom stereocenters. The smallest absolute Gasteiger partial charge is 0.410 e. The zero-order valence-electron chi connectivity index (χ0n) is 12.5. The van der Waals surface area contributed by atoms with E-state index in [0.717, 1.165) is 25.7 Å². The fraction of sp³-hybridized carbons (Fsp3) is 0.800. The molecule has 19 heavy (non-hydrogen) atoms. The van der Waals surface area contributed by atoms with Gasteiger partial charge in [-0.25, -0.2) is 4.79 Å². The molecule has 0 spiro atoms. The number of carbonyl (C=O) groups excluding carboxylic acids is 1. The molecular weight excluding hydrogens is 262 g/mol. The Hall–Kier alpha value is -0.700. The molecular formula is C15H26ClNO2. The van der Waals surface area contributed by atoms with Crippen LogP contribution in [0.25, 0.3) is 0 Å². The highest BCUT2D eigenvalue weighted by Crippen LogP contribution is 2.28. The number of hydrogen-bond donors (Lipinski definition) is 0. The number of alkyl halides is 1. The van der Waals surface area contributed by atoms with E-state index >= 15 is 0 Å². The van der Waals surface area contributed by atoms with Gasteiger partial charge in [-0.3, -0.25) is 0 Å². The highest BCUT2D eigenvalue weighted by atomic mass is 35.5. The van der Waals surface area contributed by atoms with Crippen molar-refractivity contribution in [3.05, 3.63) is 12.2 Å². The van der Waals surface area contributed by atoms with Crippen LogP contribution in [0.5, 0.6) is 0 Å². The van der Waals surface area contributed by atoms with Crippen LogP contribution in [-0.4, -0.2) is 35.6 Å². The second kappa shape index (κ2) is 7.18. The average molecular weight is 288 g/mol. The summed E-state index contributed by atoms with van der Waals surface area (Å²) >= 11 is 5.65. The van der Waals surface area contributed by atoms with Crippen molar-refractivity contribution in [3.8, 4) is 0 Å². The van der Waals surface area contributed by atoms with Crippen LogP contribution >= 0.6 is 11.6 Å². The molecule has 4 heteroatoms. The van der Waals surface area contributed by atoms with Crippen molar-refractivity contribution in [1.29, 1.82) is 0 Å². The average Bonchev–Trinajstić information content (AvgIpc) is 2.34. The van der Waals surface area contributed by atoms with Gasteiger partial charge in [-0.1, -0.05) is 12.2 Å². The topological polar surface area (TPSA) is 29.5 Å². The minimum atomic E-state index is -0.425. The maximum absolute atomic E-state index is 12.0. The van der Waals surface area contributed by atoms with Crippen LogP contribution < -0.4 is 0 Å². The lowest BCUT2D eigenvalue weighted by Crippen LogP contribution is -2.42. The summed E-state index contributed by atoms with van der Waals surface area (Å²) in [4.78, 5) is 13.7. The number of allylic oxidation sites excluding steroid dienone is 2. The van der Waals surface area contributed by atoms with Gasteiger partial charge in [0.2, 0.25) is 0 Å². The van der Waals surface area contributed by atoms with Gasteiger partial charge in [0.1, 0.15) is 5.60 Å². The molecule has 0 bridgehead atoms. The van der Waals surface area contributed by atoms with E-state index < -0.39 is 5.60 Å². The van der Waals surface area contributed by atoms with Crippen LogP contribution in [0, 0.1) is 5.92 Å². The number of rotatable bonds is 3. The molecule has 0 aliphatic heterocycles. The van der Waals surface area contributed by atoms with E-state index in [4.69, 9.17) is 16.3 Å². The number of hydrogen-bond acceptors (Lipinski definition) is 2. The summed E-state index contributed by atoms with van der Waals surface area (Å²) in [5.41, 5.74) is -0.425. The lowest BCUT2D eigenvalue weighted by atomic mass is 9.85. The summed E-state index contributed by atoms with van der Waals surface area (Å²) in [6.45, 7) is 5.69. The zero-order chi connectivity index (χ0) is 14.5. The van der Waals surface area contributed by atoms with E-state index in [1.165, 1.54) is 0 Å². The number of nitrogens with zero attached hydrogens (tertiary/aromatic N) is 1. The van der Waals surface area contributed by atoms with Crippen molar-refractivity contribution in [2.24, 2.45) is 5.92 Å². The number of ether oxygens (including phenoxy) is 1. The Morgan fingerprint density at radius 3 is 2.37 bits per heavy atom. The van der Waals surface area contributed by atoms with Crippen LogP contribution in [0.2, 0.25) is 0 Å². The molecule has 1 rings (SSSR count). The number of amides is 1. The molecule has 0 aromatic heterocycles. The highest BCUT2D eigenvalue weighted by molar-refractivity contribution is 6.18. The molecule has 0 aromatic rings. The minimum Gasteiger partial charge on any atom is -0.444 e. The molecule has 0 saturated heterocycles. The fourth-order valence-corrected chi connectivity index (χ4v) is 2.51. The third-order valence-electron chi connectivity index (χ3n) is 3.47. The van der Waals surface area contributed by atoms with Gasteiger partial charge in [-0.05, 0) is 52.4 Å². The van der Waals surface area contributed by atoms with Crippen molar-refractivity contribution in [2.45, 2.75) is 58.1 Å². The second-order valence-corrected chi connectivity index (χ2v) is 6.55. The molecule has 1 aliphatic carbocycles. The standard InChI is InChI=1S/C15H26ClNO2/c1-15(2,3)19-14(18)17(4)13-9-7-12(8-10-13)6-5-11-16/h5-6,12-13H,7-11H2,1-4H3. The van der Waals surface area contributed by atoms with Crippen molar-refractivity contribution < 1.29 is 9.53 Å². The predicted molar refractivity (Wildman–Crippen MR) is 79.6 cm³/mol. The van der Waals surface area contributed by atoms with Gasteiger partial charge in [0.05, 0.1) is 0 Å². The van der Waals surface area contributed by atoms with Crippen LogP contribution in [0.3, 0.4) is 0 Å². The Balaban J connectivity index is 2.42. The number of halogens is 1. The van der Waals surface area contributed by atoms with Crippen molar-refractivity contribution in [1.82, 2.24) is 4.90 Å². The van der Waals surface area contributed by atoms with Gasteiger partial charge in [-0.2, -0.15) is 0 Å². The fourth-order valence-electron chi connectivity index (χ4n) is 2.41. The van der Waals surface area contributed by atoms with Gasteiger partial charge in [0, 0.05) is 19.0 Å². The van der Waals surface area contributed by atoms with Crippen molar-refractivity contribution in [2.75, 3.05) is 12.9 Å². The molecule has 0 heterocycles. The van der Waals surface area contributed by atoms with Gasteiger partial charge >= 0.3 is 6.09 Å². The molecule has 0 atom stereocenters. The molecule has 1 amide bonds. The first kappa shape index (κ1) is 16.4. The van der Waals surface area contributed by atoms with E-state index in [2.05, 4.69) is 6.08 Å². The molecule has 0 N–H and O–H groups in total. The van der Waals surface area contributed by atoms with Crippen molar-refractivity contribution in [3.63, 3.8) is 0 Å². The Labute approximate surface area is 121 Å². The van der Waals surface area contributed by atoms with Gasteiger partial charge in [0.15, 0.2) is 0 Å². The molecule has 0 radical (unpaired) electrons. The van der Waals surface area contributed by atoms with Gasteiger partial charge < -0.3 is 9.64 Å². The summed E-state index contributed by atoms with van der Waals surface area (Å²) in [6, 6.07) is 0.301. The predicted octanol–water partition coefficient (Wildman–Crippen LogP) is 4.21. The molecule has 0 aromatic carbocycles. The quantitative estimate of drug-likeness (QED) is 0.575. The van der Waals surface area contributed by atoms with Gasteiger partial charge in [0.25, 0.3) is 0 Å². The Morgan fingerprint density at radius 1 is 1.32 bits per heavy atom. The molecule has 1 fully saturated rings. The summed E-state index contributed by atoms with van der Waals surface area (Å²) in [7, 11) is 1.84. The normalized spacial score (nSPS) is 24.5. The summed E-state index contributed by atoms with van der Waals surface area (Å²) < 4.78 is 5.40. The van der Waals surface area contributed by atoms with E-state index in [-0.39, 0.29) is 6.09 Å². The molecule has 1 saturated carbocycles. The van der Waals surface area contributed by atoms with E-state index in [0.29, 0.717) is 17.8 Å². The zero-order valence-corrected chi connectivity index (χ0v) is 13.2. The molecule has 1 aliphatic rings. The van der Waals surface area contributed by atoms with Gasteiger partial charge in [-0.15, -0.1) is 11.6 Å². The van der Waals surface area contributed by atoms with E-state index in [1.54, 1.807) is 4.90 Å². The Kier molecular flexibility index (Phi) is 6.18. The molecule has 3 nitrogen and oxygen atoms in total. The third-order valence-corrected chi connectivity index (χ3v) is 3.65. The monoisotopic (exact) mass is 287 g/mol. The summed E-state index contributed by atoms with van der Waals surface area (Å²) in [5.74, 6) is 1.19. The maximum Gasteiger partial charge on any atom is 0.410 e. The Morgan fingerprint density at radius 2 is 1.89 bits per heavy atom. The minimum absolute atomic E-state index is 0.216. The van der Waals surface area contributed by atoms with Crippen LogP contribution in [0.1, 0.15) is 46.5 Å². The first-order valence-corrected chi connectivity index (χ1v) is 7.55. The third kappa shape index (κ3) is 5.85. The van der Waals surface area contributed by atoms with Crippen LogP contribution in [-0.2, 0) is 4.74 Å². The van der Waals surface area contributed by atoms with Crippen LogP contribution in [0.15, 0.2) is 12.2 Å². The largest absolute Gasteiger partial charge is 0.444 e. The highest BCUT2D eigenvalue weighted by Gasteiger charge is 2.28. The number of carbonyl (C=O) groups is 1. The maximum atomic E-state index is 12.0. The Bertz CT molecular complexity index is 315. The lowest BCUT2D eigenvalue weighted by Gasteiger charge is -2.34. The first-order valence-electron chi connectivity index (χ1n) is 7.02. The van der Waals surface area contributed by atoms with Crippen molar-refractivity contribution >= 4 is 17.7 Å². The summed E-state index contributed by atoms with van der Waals surface area (Å²) in [6.07, 6.45) is 8.31. The second-order valence-electron chi connectivity index (χ2n) is 6.24. The SMILES string of the molecule is CN(C(=O)OC(C)(C)C)C1CCC(C=CCCl)CC1. The lowest BCUT2D eigenvalue weighted by molar-refractivity contribution is 0.0179. The van der Waals surface area contributed by atoms with E-state index in [1.807, 2.05) is 33.9 Å². The summed E-state index contributed by atoms with van der Waals surface area (Å²) in [5, 5.41) is 0. The first-order chi connectivity index (χ1) is 8.83. The molecule has 110 valence electrons.